The van der Waals surface area contributed by atoms with Crippen molar-refractivity contribution in [2.75, 3.05) is 13.1 Å². The molecule has 1 saturated heterocycles. The van der Waals surface area contributed by atoms with E-state index in [0.717, 1.165) is 16.2 Å². The number of hydrogen-bond acceptors (Lipinski definition) is 6. The minimum absolute atomic E-state index is 0.0191. The third-order valence-corrected chi connectivity index (χ3v) is 6.02. The Morgan fingerprint density at radius 3 is 2.62 bits per heavy atom. The average Bonchev–Trinajstić information content (AvgIpc) is 3.30. The van der Waals surface area contributed by atoms with E-state index in [9.17, 15) is 31.5 Å². The largest absolute Gasteiger partial charge is 0.446 e. The van der Waals surface area contributed by atoms with Crippen molar-refractivity contribution in [2.45, 2.75) is 35.2 Å². The van der Waals surface area contributed by atoms with Crippen LogP contribution in [0.5, 0.6) is 0 Å². The number of hydrogen-bond donors (Lipinski definition) is 1. The van der Waals surface area contributed by atoms with Crippen molar-refractivity contribution in [3.63, 3.8) is 0 Å². The van der Waals surface area contributed by atoms with Crippen molar-refractivity contribution in [1.29, 1.82) is 5.26 Å². The standard InChI is InChI=1S/C19H15F5N4O2S2/c20-18(21)6-12(7-25)28(10-18)16(29)8-26-17(30)14-9-31-15(27-14)5-11-1-3-13(4-2-11)32-19(22,23)24/h1-4,9,12H,5-6,8,10H2,(H,26,30)/t12-/m0/s1. The summed E-state index contributed by atoms with van der Waals surface area (Å²) in [5.41, 5.74) is -3.65. The number of benzene rings is 1. The molecule has 1 N–H and O–H groups in total. The molecule has 2 heterocycles. The second kappa shape index (κ2) is 9.41. The number of thioether (sulfide) groups is 1. The summed E-state index contributed by atoms with van der Waals surface area (Å²) >= 11 is 0.941. The van der Waals surface area contributed by atoms with Crippen LogP contribution in [-0.2, 0) is 11.2 Å². The van der Waals surface area contributed by atoms with Gasteiger partial charge in [-0.2, -0.15) is 18.4 Å². The van der Waals surface area contributed by atoms with Gasteiger partial charge in [-0.1, -0.05) is 12.1 Å². The molecule has 2 aromatic rings. The topological polar surface area (TPSA) is 86.1 Å². The first-order valence-electron chi connectivity index (χ1n) is 9.10. The molecule has 0 bridgehead atoms. The Kier molecular flexibility index (Phi) is 7.04. The molecule has 1 fully saturated rings. The van der Waals surface area contributed by atoms with E-state index in [-0.39, 0.29) is 22.4 Å². The van der Waals surface area contributed by atoms with Crippen molar-refractivity contribution in [3.05, 3.63) is 45.9 Å². The van der Waals surface area contributed by atoms with Gasteiger partial charge in [0.2, 0.25) is 5.91 Å². The fourth-order valence-corrected chi connectivity index (χ4v) is 4.37. The number of thiazole rings is 1. The zero-order valence-electron chi connectivity index (χ0n) is 16.2. The third kappa shape index (κ3) is 6.39. The highest BCUT2D eigenvalue weighted by molar-refractivity contribution is 8.00. The van der Waals surface area contributed by atoms with Gasteiger partial charge in [-0.15, -0.1) is 11.3 Å². The Morgan fingerprint density at radius 1 is 1.31 bits per heavy atom. The smallest absolute Gasteiger partial charge is 0.342 e. The maximum absolute atomic E-state index is 13.4. The first-order chi connectivity index (χ1) is 15.0. The average molecular weight is 490 g/mol. The molecule has 3 rings (SSSR count). The second-order valence-corrected chi connectivity index (χ2v) is 8.99. The van der Waals surface area contributed by atoms with E-state index in [2.05, 4.69) is 10.3 Å². The number of rotatable bonds is 6. The zero-order valence-corrected chi connectivity index (χ0v) is 17.8. The summed E-state index contributed by atoms with van der Waals surface area (Å²) in [4.78, 5) is 29.3. The molecular formula is C19H15F5N4O2S2. The SMILES string of the molecule is N#C[C@@H]1CC(F)(F)CN1C(=O)CNC(=O)c1csc(Cc2ccc(SC(F)(F)F)cc2)n1. The molecule has 13 heteroatoms. The van der Waals surface area contributed by atoms with Crippen molar-refractivity contribution in [2.24, 2.45) is 0 Å². The van der Waals surface area contributed by atoms with Crippen LogP contribution in [-0.4, -0.2) is 52.3 Å². The van der Waals surface area contributed by atoms with Gasteiger partial charge in [-0.25, -0.2) is 13.8 Å². The molecule has 1 aliphatic rings. The predicted molar refractivity (Wildman–Crippen MR) is 106 cm³/mol. The molecule has 1 aromatic heterocycles. The van der Waals surface area contributed by atoms with Crippen LogP contribution < -0.4 is 5.32 Å². The Hall–Kier alpha value is -2.72. The maximum atomic E-state index is 13.4. The summed E-state index contributed by atoms with van der Waals surface area (Å²) < 4.78 is 64.0. The van der Waals surface area contributed by atoms with Crippen molar-refractivity contribution in [3.8, 4) is 6.07 Å². The number of nitriles is 1. The molecule has 0 unspecified atom stereocenters. The lowest BCUT2D eigenvalue weighted by Crippen LogP contribution is -2.43. The quantitative estimate of drug-likeness (QED) is 0.491. The van der Waals surface area contributed by atoms with Crippen molar-refractivity contribution in [1.82, 2.24) is 15.2 Å². The van der Waals surface area contributed by atoms with Crippen molar-refractivity contribution >= 4 is 34.9 Å². The number of amides is 2. The minimum Gasteiger partial charge on any atom is -0.342 e. The van der Waals surface area contributed by atoms with E-state index in [4.69, 9.17) is 5.26 Å². The molecule has 32 heavy (non-hydrogen) atoms. The zero-order chi connectivity index (χ0) is 23.5. The van der Waals surface area contributed by atoms with E-state index in [1.165, 1.54) is 29.6 Å². The Balaban J connectivity index is 1.53. The molecule has 0 aliphatic carbocycles. The Bertz CT molecular complexity index is 1030. The number of nitrogens with zero attached hydrogens (tertiary/aromatic N) is 3. The number of aromatic nitrogens is 1. The fraction of sp³-hybridized carbons (Fsp3) is 0.368. The number of nitrogens with one attached hydrogen (secondary N) is 1. The van der Waals surface area contributed by atoms with Gasteiger partial charge in [0.15, 0.2) is 0 Å². The van der Waals surface area contributed by atoms with Crippen LogP contribution in [0, 0.1) is 11.3 Å². The summed E-state index contributed by atoms with van der Waals surface area (Å²) in [5, 5.41) is 13.2. The number of carbonyl (C=O) groups is 2. The molecule has 0 saturated carbocycles. The lowest BCUT2D eigenvalue weighted by atomic mass is 10.2. The summed E-state index contributed by atoms with van der Waals surface area (Å²) in [5.74, 6) is -4.63. The van der Waals surface area contributed by atoms with Gasteiger partial charge >= 0.3 is 5.51 Å². The van der Waals surface area contributed by atoms with Crippen LogP contribution in [0.3, 0.4) is 0 Å². The highest BCUT2D eigenvalue weighted by atomic mass is 32.2. The highest BCUT2D eigenvalue weighted by Gasteiger charge is 2.47. The van der Waals surface area contributed by atoms with E-state index >= 15 is 0 Å². The minimum atomic E-state index is -4.37. The monoisotopic (exact) mass is 490 g/mol. The molecule has 1 aromatic carbocycles. The lowest BCUT2D eigenvalue weighted by molar-refractivity contribution is -0.131. The Labute approximate surface area is 187 Å². The molecule has 0 radical (unpaired) electrons. The highest BCUT2D eigenvalue weighted by Crippen LogP contribution is 2.37. The van der Waals surface area contributed by atoms with Gasteiger partial charge in [0, 0.05) is 23.1 Å². The number of likely N-dealkylation sites (tertiary alicyclic amines) is 1. The van der Waals surface area contributed by atoms with E-state index in [1.54, 1.807) is 6.07 Å². The number of carbonyl (C=O) groups excluding carboxylic acids is 2. The summed E-state index contributed by atoms with van der Waals surface area (Å²) in [6, 6.07) is 6.16. The summed E-state index contributed by atoms with van der Waals surface area (Å²) in [6.45, 7) is -1.43. The van der Waals surface area contributed by atoms with Crippen LogP contribution in [0.25, 0.3) is 0 Å². The van der Waals surface area contributed by atoms with Gasteiger partial charge in [0.25, 0.3) is 11.8 Å². The Morgan fingerprint density at radius 2 is 2.00 bits per heavy atom. The van der Waals surface area contributed by atoms with Gasteiger partial charge in [-0.3, -0.25) is 9.59 Å². The normalized spacial score (nSPS) is 17.8. The molecule has 1 aliphatic heterocycles. The molecule has 2 amide bonds. The summed E-state index contributed by atoms with van der Waals surface area (Å²) in [7, 11) is 0. The molecule has 6 nitrogen and oxygen atoms in total. The number of alkyl halides is 5. The number of halogens is 5. The van der Waals surface area contributed by atoms with Gasteiger partial charge < -0.3 is 10.2 Å². The van der Waals surface area contributed by atoms with E-state index < -0.39 is 48.8 Å². The van der Waals surface area contributed by atoms with Gasteiger partial charge in [0.05, 0.1) is 24.2 Å². The van der Waals surface area contributed by atoms with Crippen LogP contribution in [0.15, 0.2) is 34.5 Å². The first kappa shape index (κ1) is 23.9. The van der Waals surface area contributed by atoms with E-state index in [1.807, 2.05) is 0 Å². The van der Waals surface area contributed by atoms with E-state index in [0.29, 0.717) is 17.0 Å². The predicted octanol–water partition coefficient (Wildman–Crippen LogP) is 3.84. The fourth-order valence-electron chi connectivity index (χ4n) is 3.02. The molecule has 0 spiro atoms. The van der Waals surface area contributed by atoms with Crippen LogP contribution in [0.1, 0.15) is 27.5 Å². The van der Waals surface area contributed by atoms with Gasteiger partial charge in [0.1, 0.15) is 11.7 Å². The second-order valence-electron chi connectivity index (χ2n) is 6.90. The lowest BCUT2D eigenvalue weighted by Gasteiger charge is -2.19. The first-order valence-corrected chi connectivity index (χ1v) is 10.8. The third-order valence-electron chi connectivity index (χ3n) is 4.44. The van der Waals surface area contributed by atoms with Crippen molar-refractivity contribution < 1.29 is 31.5 Å². The summed E-state index contributed by atoms with van der Waals surface area (Å²) in [6.07, 6.45) is -0.449. The van der Waals surface area contributed by atoms with Crippen LogP contribution >= 0.6 is 23.1 Å². The molecule has 170 valence electrons. The van der Waals surface area contributed by atoms with Gasteiger partial charge in [-0.05, 0) is 29.5 Å². The maximum Gasteiger partial charge on any atom is 0.446 e. The molecular weight excluding hydrogens is 475 g/mol. The van der Waals surface area contributed by atoms with Crippen LogP contribution in [0.4, 0.5) is 22.0 Å². The van der Waals surface area contributed by atoms with Crippen LogP contribution in [0.2, 0.25) is 0 Å². The molecule has 1 atom stereocenters.